The summed E-state index contributed by atoms with van der Waals surface area (Å²) in [7, 11) is 1.25. The van der Waals surface area contributed by atoms with E-state index < -0.39 is 5.97 Å². The monoisotopic (exact) mass is 373 g/mol. The number of carbonyl (C=O) groups excluding carboxylic acids is 2. The zero-order valence-electron chi connectivity index (χ0n) is 14.8. The van der Waals surface area contributed by atoms with Gasteiger partial charge in [0.1, 0.15) is 18.1 Å². The number of aryl methyl sites for hydroxylation is 1. The minimum atomic E-state index is -0.640. The van der Waals surface area contributed by atoms with Gasteiger partial charge in [0.05, 0.1) is 12.1 Å². The van der Waals surface area contributed by atoms with Crippen LogP contribution in [0.25, 0.3) is 6.08 Å². The Bertz CT molecular complexity index is 808. The zero-order valence-corrected chi connectivity index (χ0v) is 15.6. The number of methoxy groups -OCH3 is 1. The average molecular weight is 374 g/mol. The molecule has 0 aromatic heterocycles. The fourth-order valence-electron chi connectivity index (χ4n) is 2.37. The fraction of sp³-hybridized carbons (Fsp3) is 0.200. The van der Waals surface area contributed by atoms with Gasteiger partial charge in [0.25, 0.3) is 0 Å². The summed E-state index contributed by atoms with van der Waals surface area (Å²) in [6.45, 7) is 3.57. The maximum Gasteiger partial charge on any atom is 0.354 e. The fourth-order valence-corrected chi connectivity index (χ4v) is 2.70. The third kappa shape index (κ3) is 5.36. The first kappa shape index (κ1) is 19.5. The van der Waals surface area contributed by atoms with Crippen molar-refractivity contribution in [1.29, 1.82) is 0 Å². The Morgan fingerprint density at radius 1 is 1.19 bits per heavy atom. The number of hydrogen-bond acceptors (Lipinski definition) is 4. The molecule has 136 valence electrons. The van der Waals surface area contributed by atoms with Crippen LogP contribution < -0.4 is 10.1 Å². The zero-order chi connectivity index (χ0) is 19.1. The van der Waals surface area contributed by atoms with Crippen LogP contribution in [0.5, 0.6) is 5.75 Å². The summed E-state index contributed by atoms with van der Waals surface area (Å²) in [5.41, 5.74) is 2.53. The molecule has 0 saturated carbocycles. The van der Waals surface area contributed by atoms with E-state index >= 15 is 0 Å². The minimum Gasteiger partial charge on any atom is -0.487 e. The molecule has 26 heavy (non-hydrogen) atoms. The highest BCUT2D eigenvalue weighted by atomic mass is 35.5. The lowest BCUT2D eigenvalue weighted by molar-refractivity contribution is -0.137. The third-order valence-electron chi connectivity index (χ3n) is 3.50. The normalized spacial score (nSPS) is 11.0. The van der Waals surface area contributed by atoms with Gasteiger partial charge in [-0.3, -0.25) is 4.79 Å². The van der Waals surface area contributed by atoms with Gasteiger partial charge < -0.3 is 14.8 Å². The van der Waals surface area contributed by atoms with Gasteiger partial charge in [-0.15, -0.1) is 0 Å². The van der Waals surface area contributed by atoms with Crippen LogP contribution >= 0.6 is 11.6 Å². The first-order valence-corrected chi connectivity index (χ1v) is 8.33. The maximum absolute atomic E-state index is 11.8. The Balaban J connectivity index is 2.25. The van der Waals surface area contributed by atoms with E-state index in [9.17, 15) is 9.59 Å². The van der Waals surface area contributed by atoms with Crippen molar-refractivity contribution in [2.75, 3.05) is 7.11 Å². The number of carbonyl (C=O) groups is 2. The topological polar surface area (TPSA) is 64.6 Å². The molecular formula is C20H20ClNO4. The van der Waals surface area contributed by atoms with Gasteiger partial charge in [0, 0.05) is 6.92 Å². The molecule has 0 spiro atoms. The van der Waals surface area contributed by atoms with Crippen LogP contribution in [0.2, 0.25) is 5.02 Å². The summed E-state index contributed by atoms with van der Waals surface area (Å²) >= 11 is 6.35. The van der Waals surface area contributed by atoms with Crippen LogP contribution in [0.15, 0.2) is 48.2 Å². The molecule has 2 aromatic rings. The summed E-state index contributed by atoms with van der Waals surface area (Å²) < 4.78 is 10.5. The second-order valence-electron chi connectivity index (χ2n) is 5.65. The van der Waals surface area contributed by atoms with E-state index in [-0.39, 0.29) is 11.6 Å². The van der Waals surface area contributed by atoms with Crippen molar-refractivity contribution in [3.8, 4) is 5.75 Å². The molecule has 2 rings (SSSR count). The third-order valence-corrected chi connectivity index (χ3v) is 3.79. The predicted molar refractivity (Wildman–Crippen MR) is 101 cm³/mol. The van der Waals surface area contributed by atoms with Crippen molar-refractivity contribution in [1.82, 2.24) is 5.32 Å². The van der Waals surface area contributed by atoms with Gasteiger partial charge in [-0.25, -0.2) is 4.79 Å². The van der Waals surface area contributed by atoms with E-state index in [0.717, 1.165) is 11.1 Å². The molecule has 0 aliphatic carbocycles. The van der Waals surface area contributed by atoms with Gasteiger partial charge >= 0.3 is 5.97 Å². The summed E-state index contributed by atoms with van der Waals surface area (Å²) in [6, 6.07) is 13.2. The average Bonchev–Trinajstić information content (AvgIpc) is 2.60. The van der Waals surface area contributed by atoms with Crippen molar-refractivity contribution in [2.24, 2.45) is 0 Å². The SMILES string of the molecule is COC(=O)/C(=C/c1cc(C)c(OCc2ccccc2)c(Cl)c1)NC(C)=O. The number of halogens is 1. The number of esters is 1. The van der Waals surface area contributed by atoms with Gasteiger partial charge in [-0.1, -0.05) is 41.9 Å². The van der Waals surface area contributed by atoms with Crippen molar-refractivity contribution in [3.63, 3.8) is 0 Å². The van der Waals surface area contributed by atoms with Gasteiger partial charge in [-0.2, -0.15) is 0 Å². The van der Waals surface area contributed by atoms with Crippen LogP contribution in [0.3, 0.4) is 0 Å². The molecule has 0 bridgehead atoms. The lowest BCUT2D eigenvalue weighted by Gasteiger charge is -2.13. The van der Waals surface area contributed by atoms with Crippen LogP contribution in [0.1, 0.15) is 23.6 Å². The molecule has 0 atom stereocenters. The lowest BCUT2D eigenvalue weighted by atomic mass is 10.1. The highest BCUT2D eigenvalue weighted by Crippen LogP contribution is 2.31. The number of rotatable bonds is 6. The quantitative estimate of drug-likeness (QED) is 0.616. The first-order chi connectivity index (χ1) is 12.4. The van der Waals surface area contributed by atoms with Crippen molar-refractivity contribution < 1.29 is 19.1 Å². The van der Waals surface area contributed by atoms with Crippen molar-refractivity contribution >= 4 is 29.6 Å². The maximum atomic E-state index is 11.8. The standard InChI is InChI=1S/C20H20ClNO4/c1-13-9-16(11-18(20(24)25-3)22-14(2)23)10-17(21)19(13)26-12-15-7-5-4-6-8-15/h4-11H,12H2,1-3H3,(H,22,23)/b18-11-. The molecule has 0 saturated heterocycles. The molecule has 0 radical (unpaired) electrons. The Hall–Kier alpha value is -2.79. The van der Waals surface area contributed by atoms with E-state index in [0.29, 0.717) is 22.9 Å². The Morgan fingerprint density at radius 2 is 1.88 bits per heavy atom. The van der Waals surface area contributed by atoms with Crippen LogP contribution in [0, 0.1) is 6.92 Å². The largest absolute Gasteiger partial charge is 0.487 e. The van der Waals surface area contributed by atoms with E-state index in [1.807, 2.05) is 43.3 Å². The number of nitrogens with one attached hydrogen (secondary N) is 1. The highest BCUT2D eigenvalue weighted by Gasteiger charge is 2.13. The molecule has 0 heterocycles. The molecule has 0 aliphatic heterocycles. The number of hydrogen-bond donors (Lipinski definition) is 1. The first-order valence-electron chi connectivity index (χ1n) is 7.95. The minimum absolute atomic E-state index is 0.0356. The smallest absolute Gasteiger partial charge is 0.354 e. The van der Waals surface area contributed by atoms with E-state index in [4.69, 9.17) is 16.3 Å². The summed E-state index contributed by atoms with van der Waals surface area (Å²) in [5, 5.41) is 2.87. The summed E-state index contributed by atoms with van der Waals surface area (Å²) in [4.78, 5) is 23.1. The second-order valence-corrected chi connectivity index (χ2v) is 6.06. The lowest BCUT2D eigenvalue weighted by Crippen LogP contribution is -2.25. The van der Waals surface area contributed by atoms with Gasteiger partial charge in [0.15, 0.2) is 0 Å². The van der Waals surface area contributed by atoms with Gasteiger partial charge in [0.2, 0.25) is 5.91 Å². The van der Waals surface area contributed by atoms with Crippen LogP contribution in [0.4, 0.5) is 0 Å². The number of benzene rings is 2. The number of amides is 1. The van der Waals surface area contributed by atoms with Gasteiger partial charge in [-0.05, 0) is 41.8 Å². The molecule has 0 aliphatic rings. The highest BCUT2D eigenvalue weighted by molar-refractivity contribution is 6.32. The van der Waals surface area contributed by atoms with Crippen LogP contribution in [-0.2, 0) is 20.9 Å². The number of ether oxygens (including phenoxy) is 2. The molecule has 2 aromatic carbocycles. The van der Waals surface area contributed by atoms with E-state index in [2.05, 4.69) is 10.1 Å². The Kier molecular flexibility index (Phi) is 6.81. The molecule has 1 N–H and O–H groups in total. The summed E-state index contributed by atoms with van der Waals surface area (Å²) in [5.74, 6) is -0.433. The molecule has 1 amide bonds. The van der Waals surface area contributed by atoms with E-state index in [1.54, 1.807) is 6.07 Å². The molecule has 5 nitrogen and oxygen atoms in total. The summed E-state index contributed by atoms with van der Waals surface area (Å²) in [6.07, 6.45) is 1.51. The molecule has 6 heteroatoms. The Labute approximate surface area is 157 Å². The molecule has 0 unspecified atom stereocenters. The predicted octanol–water partition coefficient (Wildman–Crippen LogP) is 3.88. The molecular weight excluding hydrogens is 354 g/mol. The van der Waals surface area contributed by atoms with Crippen molar-refractivity contribution in [3.05, 3.63) is 69.9 Å². The Morgan fingerprint density at radius 3 is 2.46 bits per heavy atom. The van der Waals surface area contributed by atoms with E-state index in [1.165, 1.54) is 20.1 Å². The van der Waals surface area contributed by atoms with Crippen molar-refractivity contribution in [2.45, 2.75) is 20.5 Å². The molecule has 0 fully saturated rings. The second kappa shape index (κ2) is 9.06. The van der Waals surface area contributed by atoms with Crippen LogP contribution in [-0.4, -0.2) is 19.0 Å².